The van der Waals surface area contributed by atoms with Crippen LogP contribution >= 0.6 is 34.7 Å². The van der Waals surface area contributed by atoms with Gasteiger partial charge in [0.25, 0.3) is 11.6 Å². The molecule has 0 aliphatic carbocycles. The highest BCUT2D eigenvalue weighted by Crippen LogP contribution is 2.37. The molecule has 1 aromatic carbocycles. The number of anilines is 1. The van der Waals surface area contributed by atoms with Gasteiger partial charge in [-0.3, -0.25) is 14.9 Å². The minimum absolute atomic E-state index is 0.0505. The molecule has 1 unspecified atom stereocenters. The van der Waals surface area contributed by atoms with E-state index in [4.69, 9.17) is 16.3 Å². The Bertz CT molecular complexity index is 1150. The molecule has 1 N–H and O–H groups in total. The van der Waals surface area contributed by atoms with Crippen LogP contribution in [0, 0.1) is 17.0 Å². The number of hydrogen-bond acceptors (Lipinski definition) is 9. The van der Waals surface area contributed by atoms with E-state index in [0.717, 1.165) is 23.5 Å². The largest absolute Gasteiger partial charge is 0.449 e. The lowest BCUT2D eigenvalue weighted by Gasteiger charge is -2.14. The Balaban J connectivity index is 1.72. The number of aromatic nitrogens is 2. The number of carbonyl (C=O) groups excluding carboxylic acids is 2. The van der Waals surface area contributed by atoms with Crippen LogP contribution in [-0.2, 0) is 9.53 Å². The van der Waals surface area contributed by atoms with E-state index < -0.39 is 22.9 Å². The minimum atomic E-state index is -1.17. The second-order valence-corrected chi connectivity index (χ2v) is 8.68. The summed E-state index contributed by atoms with van der Waals surface area (Å²) in [5, 5.41) is 15.9. The zero-order valence-electron chi connectivity index (χ0n) is 16.2. The van der Waals surface area contributed by atoms with Crippen LogP contribution in [0.1, 0.15) is 23.0 Å². The van der Waals surface area contributed by atoms with Crippen molar-refractivity contribution in [2.24, 2.45) is 0 Å². The Hall–Kier alpha value is -3.02. The lowest BCUT2D eigenvalue weighted by atomic mass is 10.2. The third-order valence-corrected chi connectivity index (χ3v) is 6.28. The highest BCUT2D eigenvalue weighted by molar-refractivity contribution is 8.01. The van der Waals surface area contributed by atoms with Gasteiger partial charge in [0.15, 0.2) is 15.6 Å². The standard InChI is InChI=1S/C19H15ClN4O5S2/c1-10-9-30-19(22-10)31-15-6-5-12(8-14(15)24(27)28)18(26)29-11(2)17(25)23-13-4-3-7-21-16(13)20/h3-9,11H,1-2H3,(H,23,25). The van der Waals surface area contributed by atoms with Crippen LogP contribution in [0.5, 0.6) is 0 Å². The van der Waals surface area contributed by atoms with Gasteiger partial charge in [-0.25, -0.2) is 14.8 Å². The number of carbonyl (C=O) groups is 2. The molecule has 0 aliphatic heterocycles. The van der Waals surface area contributed by atoms with E-state index in [1.165, 1.54) is 36.6 Å². The first-order valence-corrected chi connectivity index (χ1v) is 10.8. The molecule has 0 spiro atoms. The van der Waals surface area contributed by atoms with Crippen LogP contribution < -0.4 is 5.32 Å². The van der Waals surface area contributed by atoms with Crippen LogP contribution in [-0.4, -0.2) is 32.9 Å². The lowest BCUT2D eigenvalue weighted by molar-refractivity contribution is -0.387. The number of hydrogen-bond donors (Lipinski definition) is 1. The number of aryl methyl sites for hydroxylation is 1. The van der Waals surface area contributed by atoms with Crippen molar-refractivity contribution in [2.45, 2.75) is 29.2 Å². The van der Waals surface area contributed by atoms with E-state index in [9.17, 15) is 19.7 Å². The van der Waals surface area contributed by atoms with Gasteiger partial charge >= 0.3 is 5.97 Å². The number of ether oxygens (including phenoxy) is 1. The Labute approximate surface area is 190 Å². The van der Waals surface area contributed by atoms with Gasteiger partial charge in [-0.1, -0.05) is 23.4 Å². The summed E-state index contributed by atoms with van der Waals surface area (Å²) >= 11 is 8.40. The molecule has 0 fully saturated rings. The minimum Gasteiger partial charge on any atom is -0.449 e. The molecular formula is C19H15ClN4O5S2. The number of nitrogens with one attached hydrogen (secondary N) is 1. The van der Waals surface area contributed by atoms with Gasteiger partial charge in [0, 0.05) is 23.3 Å². The molecule has 0 saturated carbocycles. The maximum Gasteiger partial charge on any atom is 0.339 e. The molecule has 0 bridgehead atoms. The number of esters is 1. The van der Waals surface area contributed by atoms with Gasteiger partial charge < -0.3 is 10.1 Å². The summed E-state index contributed by atoms with van der Waals surface area (Å²) in [7, 11) is 0. The van der Waals surface area contributed by atoms with Crippen LogP contribution in [0.25, 0.3) is 0 Å². The summed E-state index contributed by atoms with van der Waals surface area (Å²) in [4.78, 5) is 44.1. The SMILES string of the molecule is Cc1csc(Sc2ccc(C(=O)OC(C)C(=O)Nc3cccnc3Cl)cc2[N+](=O)[O-])n1. The molecule has 160 valence electrons. The summed E-state index contributed by atoms with van der Waals surface area (Å²) in [5.74, 6) is -1.49. The molecule has 2 heterocycles. The van der Waals surface area contributed by atoms with Crippen molar-refractivity contribution in [2.75, 3.05) is 5.32 Å². The molecule has 0 aliphatic rings. The van der Waals surface area contributed by atoms with Crippen LogP contribution in [0.2, 0.25) is 5.15 Å². The molecule has 9 nitrogen and oxygen atoms in total. The number of pyridine rings is 1. The second kappa shape index (κ2) is 9.86. The van der Waals surface area contributed by atoms with Crippen molar-refractivity contribution < 1.29 is 19.2 Å². The van der Waals surface area contributed by atoms with E-state index in [1.807, 2.05) is 12.3 Å². The summed E-state index contributed by atoms with van der Waals surface area (Å²) in [6.07, 6.45) is 0.293. The molecule has 3 aromatic rings. The first kappa shape index (κ1) is 22.7. The number of rotatable bonds is 7. The first-order chi connectivity index (χ1) is 14.7. The Morgan fingerprint density at radius 3 is 2.77 bits per heavy atom. The van der Waals surface area contributed by atoms with Crippen molar-refractivity contribution in [1.82, 2.24) is 9.97 Å². The molecule has 3 rings (SSSR count). The van der Waals surface area contributed by atoms with Gasteiger partial charge in [-0.05, 0) is 38.1 Å². The quantitative estimate of drug-likeness (QED) is 0.223. The topological polar surface area (TPSA) is 124 Å². The number of nitrogens with zero attached hydrogens (tertiary/aromatic N) is 3. The molecule has 1 amide bonds. The lowest BCUT2D eigenvalue weighted by Crippen LogP contribution is -2.30. The molecule has 0 saturated heterocycles. The molecular weight excluding hydrogens is 464 g/mol. The number of nitro benzene ring substituents is 1. The van der Waals surface area contributed by atoms with E-state index in [0.29, 0.717) is 9.24 Å². The fourth-order valence-corrected chi connectivity index (χ4v) is 4.39. The Kier molecular flexibility index (Phi) is 7.21. The van der Waals surface area contributed by atoms with Gasteiger partial charge in [0.2, 0.25) is 0 Å². The molecule has 1 atom stereocenters. The van der Waals surface area contributed by atoms with Crippen molar-refractivity contribution in [1.29, 1.82) is 0 Å². The zero-order chi connectivity index (χ0) is 22.5. The average Bonchev–Trinajstić information content (AvgIpc) is 3.14. The second-order valence-electron chi connectivity index (χ2n) is 6.18. The van der Waals surface area contributed by atoms with Gasteiger partial charge in [-0.2, -0.15) is 0 Å². The first-order valence-electron chi connectivity index (χ1n) is 8.75. The molecule has 12 heteroatoms. The zero-order valence-corrected chi connectivity index (χ0v) is 18.6. The number of halogens is 1. The third-order valence-electron chi connectivity index (χ3n) is 3.86. The summed E-state index contributed by atoms with van der Waals surface area (Å²) < 4.78 is 5.80. The maximum absolute atomic E-state index is 12.4. The highest BCUT2D eigenvalue weighted by Gasteiger charge is 2.23. The van der Waals surface area contributed by atoms with E-state index in [1.54, 1.807) is 12.1 Å². The third kappa shape index (κ3) is 5.78. The van der Waals surface area contributed by atoms with Crippen molar-refractivity contribution in [3.05, 3.63) is 68.4 Å². The summed E-state index contributed by atoms with van der Waals surface area (Å²) in [6, 6.07) is 7.11. The van der Waals surface area contributed by atoms with Crippen molar-refractivity contribution >= 4 is 58.0 Å². The number of amides is 1. The van der Waals surface area contributed by atoms with E-state index in [2.05, 4.69) is 15.3 Å². The maximum atomic E-state index is 12.4. The van der Waals surface area contributed by atoms with Crippen molar-refractivity contribution in [3.63, 3.8) is 0 Å². The fraction of sp³-hybridized carbons (Fsp3) is 0.158. The van der Waals surface area contributed by atoms with Crippen LogP contribution in [0.4, 0.5) is 11.4 Å². The number of benzene rings is 1. The summed E-state index contributed by atoms with van der Waals surface area (Å²) in [6.45, 7) is 3.20. The van der Waals surface area contributed by atoms with Crippen LogP contribution in [0.15, 0.2) is 51.1 Å². The van der Waals surface area contributed by atoms with E-state index in [-0.39, 0.29) is 22.1 Å². The fourth-order valence-electron chi connectivity index (χ4n) is 2.34. The Morgan fingerprint density at radius 1 is 1.35 bits per heavy atom. The van der Waals surface area contributed by atoms with Gasteiger partial charge in [0.1, 0.15) is 0 Å². The van der Waals surface area contributed by atoms with Crippen molar-refractivity contribution in [3.8, 4) is 0 Å². The van der Waals surface area contributed by atoms with Crippen LogP contribution in [0.3, 0.4) is 0 Å². The highest BCUT2D eigenvalue weighted by atomic mass is 35.5. The number of nitro groups is 1. The molecule has 2 aromatic heterocycles. The normalized spacial score (nSPS) is 11.6. The van der Waals surface area contributed by atoms with E-state index >= 15 is 0 Å². The molecule has 31 heavy (non-hydrogen) atoms. The average molecular weight is 479 g/mol. The Morgan fingerprint density at radius 2 is 2.13 bits per heavy atom. The van der Waals surface area contributed by atoms with Gasteiger partial charge in [-0.15, -0.1) is 11.3 Å². The molecule has 0 radical (unpaired) electrons. The van der Waals surface area contributed by atoms with Gasteiger partial charge in [0.05, 0.1) is 21.1 Å². The predicted molar refractivity (Wildman–Crippen MR) is 117 cm³/mol. The summed E-state index contributed by atoms with van der Waals surface area (Å²) in [5.41, 5.74) is 0.777. The smallest absolute Gasteiger partial charge is 0.339 e. The monoisotopic (exact) mass is 478 g/mol. The predicted octanol–water partition coefficient (Wildman–Crippen LogP) is 4.74. The number of thiazole rings is 1.